The van der Waals surface area contributed by atoms with Crippen molar-refractivity contribution >= 4 is 22.8 Å². The Labute approximate surface area is 143 Å². The summed E-state index contributed by atoms with van der Waals surface area (Å²) in [4.78, 5) is 19.1. The van der Waals surface area contributed by atoms with E-state index in [0.29, 0.717) is 17.4 Å². The molecule has 0 aliphatic rings. The third-order valence-electron chi connectivity index (χ3n) is 4.10. The molecule has 1 aromatic carbocycles. The lowest BCUT2D eigenvalue weighted by atomic mass is 9.97. The second-order valence-electron chi connectivity index (χ2n) is 5.71. The largest absolute Gasteiger partial charge is 0.338 e. The number of H-pyrrole nitrogens is 2. The van der Waals surface area contributed by atoms with Crippen LogP contribution in [0.2, 0.25) is 5.28 Å². The summed E-state index contributed by atoms with van der Waals surface area (Å²) < 4.78 is 1.99. The average molecular weight is 340 g/mol. The highest BCUT2D eigenvalue weighted by atomic mass is 35.5. The minimum absolute atomic E-state index is 0.181. The molecule has 120 valence electrons. The Hall–Kier alpha value is -2.73. The van der Waals surface area contributed by atoms with Crippen molar-refractivity contribution in [1.29, 1.82) is 0 Å². The maximum atomic E-state index is 6.05. The molecule has 4 aromatic rings. The van der Waals surface area contributed by atoms with Crippen LogP contribution in [0, 0.1) is 0 Å². The Morgan fingerprint density at radius 3 is 2.83 bits per heavy atom. The molecule has 0 saturated carbocycles. The van der Waals surface area contributed by atoms with Gasteiger partial charge in [0.05, 0.1) is 12.5 Å². The lowest BCUT2D eigenvalue weighted by Crippen LogP contribution is -2.35. The summed E-state index contributed by atoms with van der Waals surface area (Å²) in [5.41, 5.74) is 2.62. The summed E-state index contributed by atoms with van der Waals surface area (Å²) in [5, 5.41) is 0.181. The van der Waals surface area contributed by atoms with E-state index in [2.05, 4.69) is 56.1 Å². The van der Waals surface area contributed by atoms with Crippen LogP contribution < -0.4 is 4.57 Å². The van der Waals surface area contributed by atoms with Gasteiger partial charge in [-0.15, -0.1) is 0 Å². The van der Waals surface area contributed by atoms with Crippen molar-refractivity contribution in [3.63, 3.8) is 0 Å². The van der Waals surface area contributed by atoms with Gasteiger partial charge in [0.1, 0.15) is 6.20 Å². The number of imidazole rings is 2. The smallest absolute Gasteiger partial charge is 0.301 e. The first-order valence-corrected chi connectivity index (χ1v) is 8.10. The molecular weight excluding hydrogens is 324 g/mol. The maximum Gasteiger partial charge on any atom is 0.301 e. The van der Waals surface area contributed by atoms with E-state index in [1.807, 2.05) is 23.0 Å². The Kier molecular flexibility index (Phi) is 3.74. The van der Waals surface area contributed by atoms with Gasteiger partial charge in [-0.25, -0.2) is 9.55 Å². The Morgan fingerprint density at radius 2 is 2.00 bits per heavy atom. The first-order valence-electron chi connectivity index (χ1n) is 7.72. The first-order chi connectivity index (χ1) is 11.7. The molecule has 0 bridgehead atoms. The van der Waals surface area contributed by atoms with E-state index in [0.717, 1.165) is 17.8 Å². The summed E-state index contributed by atoms with van der Waals surface area (Å²) in [6, 6.07) is 10.4. The van der Waals surface area contributed by atoms with E-state index in [1.54, 1.807) is 6.33 Å². The van der Waals surface area contributed by atoms with E-state index in [9.17, 15) is 0 Å². The zero-order valence-electron chi connectivity index (χ0n) is 13.1. The number of hydrogen-bond donors (Lipinski definition) is 2. The minimum atomic E-state index is 0.181. The van der Waals surface area contributed by atoms with Crippen molar-refractivity contribution in [1.82, 2.24) is 24.9 Å². The molecule has 0 aliphatic heterocycles. The fourth-order valence-electron chi connectivity index (χ4n) is 2.88. The van der Waals surface area contributed by atoms with Gasteiger partial charge in [0, 0.05) is 6.42 Å². The van der Waals surface area contributed by atoms with Gasteiger partial charge in [-0.3, -0.25) is 4.98 Å². The molecule has 3 heterocycles. The molecule has 2 N–H and O–H groups in total. The van der Waals surface area contributed by atoms with Crippen LogP contribution in [-0.4, -0.2) is 24.9 Å². The molecule has 1 atom stereocenters. The number of rotatable bonds is 4. The van der Waals surface area contributed by atoms with Crippen LogP contribution in [-0.2, 0) is 6.42 Å². The van der Waals surface area contributed by atoms with Gasteiger partial charge in [-0.05, 0) is 23.1 Å². The number of aromatic nitrogens is 6. The standard InChI is InChI=1S/C17H15ClN6/c1-11(12-5-3-2-4-6-12)9-13-19-7-8-24(13)16-14-15(21-10-20-14)22-17(18)23-16/h2-8,10-11H,9H2,1H3,(H,20,21,22,23)/p+1. The van der Waals surface area contributed by atoms with Crippen molar-refractivity contribution in [3.8, 4) is 5.82 Å². The fraction of sp³-hybridized carbons (Fsp3) is 0.176. The van der Waals surface area contributed by atoms with Gasteiger partial charge in [0.2, 0.25) is 5.82 Å². The summed E-state index contributed by atoms with van der Waals surface area (Å²) in [5.74, 6) is 2.10. The Balaban J connectivity index is 1.73. The van der Waals surface area contributed by atoms with Crippen LogP contribution in [0.1, 0.15) is 24.2 Å². The highest BCUT2D eigenvalue weighted by Crippen LogP contribution is 2.19. The minimum Gasteiger partial charge on any atom is -0.338 e. The van der Waals surface area contributed by atoms with E-state index >= 15 is 0 Å². The quantitative estimate of drug-likeness (QED) is 0.443. The lowest BCUT2D eigenvalue weighted by Gasteiger charge is -2.10. The van der Waals surface area contributed by atoms with Crippen molar-refractivity contribution in [2.75, 3.05) is 0 Å². The molecule has 0 fully saturated rings. The topological polar surface area (TPSA) is 74.1 Å². The summed E-state index contributed by atoms with van der Waals surface area (Å²) in [7, 11) is 0. The monoisotopic (exact) mass is 339 g/mol. The van der Waals surface area contributed by atoms with Crippen molar-refractivity contribution in [2.24, 2.45) is 0 Å². The van der Waals surface area contributed by atoms with Crippen LogP contribution in [0.5, 0.6) is 0 Å². The Bertz CT molecular complexity index is 975. The molecular formula is C17H16ClN6+. The molecule has 4 rings (SSSR count). The van der Waals surface area contributed by atoms with Crippen LogP contribution >= 0.6 is 11.6 Å². The first kappa shape index (κ1) is 14.8. The molecule has 0 aliphatic carbocycles. The molecule has 0 amide bonds. The molecule has 24 heavy (non-hydrogen) atoms. The molecule has 7 heteroatoms. The maximum absolute atomic E-state index is 6.05. The third kappa shape index (κ3) is 2.65. The van der Waals surface area contributed by atoms with Gasteiger partial charge >= 0.3 is 5.28 Å². The van der Waals surface area contributed by atoms with Crippen LogP contribution in [0.25, 0.3) is 17.0 Å². The molecule has 0 radical (unpaired) electrons. The molecule has 1 unspecified atom stereocenters. The fourth-order valence-corrected chi connectivity index (χ4v) is 3.04. The predicted octanol–water partition coefficient (Wildman–Crippen LogP) is 2.96. The molecule has 0 saturated heterocycles. The lowest BCUT2D eigenvalue weighted by molar-refractivity contribution is -0.605. The number of benzene rings is 1. The number of fused-ring (bicyclic) bond motifs is 1. The number of nitrogens with one attached hydrogen (secondary N) is 2. The second kappa shape index (κ2) is 6.05. The highest BCUT2D eigenvalue weighted by molar-refractivity contribution is 6.28. The van der Waals surface area contributed by atoms with Crippen molar-refractivity contribution < 1.29 is 4.57 Å². The van der Waals surface area contributed by atoms with Gasteiger partial charge in [0.15, 0.2) is 11.2 Å². The van der Waals surface area contributed by atoms with Gasteiger partial charge in [-0.2, -0.15) is 4.98 Å². The molecule has 3 aromatic heterocycles. The summed E-state index contributed by atoms with van der Waals surface area (Å²) >= 11 is 6.05. The van der Waals surface area contributed by atoms with Crippen molar-refractivity contribution in [3.05, 3.63) is 65.7 Å². The van der Waals surface area contributed by atoms with Crippen LogP contribution in [0.3, 0.4) is 0 Å². The van der Waals surface area contributed by atoms with Gasteiger partial charge < -0.3 is 4.98 Å². The van der Waals surface area contributed by atoms with E-state index < -0.39 is 0 Å². The Morgan fingerprint density at radius 1 is 1.17 bits per heavy atom. The molecule has 0 spiro atoms. The third-order valence-corrected chi connectivity index (χ3v) is 4.27. The number of hydrogen-bond acceptors (Lipinski definition) is 3. The highest BCUT2D eigenvalue weighted by Gasteiger charge is 2.22. The van der Waals surface area contributed by atoms with Crippen LogP contribution in [0.4, 0.5) is 0 Å². The van der Waals surface area contributed by atoms with Gasteiger partial charge in [-0.1, -0.05) is 42.2 Å². The van der Waals surface area contributed by atoms with E-state index in [-0.39, 0.29) is 5.28 Å². The zero-order valence-corrected chi connectivity index (χ0v) is 13.8. The number of nitrogens with zero attached hydrogens (tertiary/aromatic N) is 4. The normalized spacial score (nSPS) is 12.6. The van der Waals surface area contributed by atoms with E-state index in [4.69, 9.17) is 11.6 Å². The number of halogens is 1. The van der Waals surface area contributed by atoms with Gasteiger partial charge in [0.25, 0.3) is 5.82 Å². The summed E-state index contributed by atoms with van der Waals surface area (Å²) in [6.07, 6.45) is 6.27. The SMILES string of the molecule is CC(Cc1[nH]cc[n+]1-c1nc(Cl)nc2nc[nH]c12)c1ccccc1. The summed E-state index contributed by atoms with van der Waals surface area (Å²) in [6.45, 7) is 2.21. The predicted molar refractivity (Wildman–Crippen MR) is 91.1 cm³/mol. The van der Waals surface area contributed by atoms with E-state index in [1.165, 1.54) is 5.56 Å². The number of aromatic amines is 2. The zero-order chi connectivity index (χ0) is 16.5. The van der Waals surface area contributed by atoms with Crippen LogP contribution in [0.15, 0.2) is 49.1 Å². The second-order valence-corrected chi connectivity index (χ2v) is 6.05. The average Bonchev–Trinajstić information content (AvgIpc) is 3.24. The van der Waals surface area contributed by atoms with Crippen molar-refractivity contribution in [2.45, 2.75) is 19.3 Å². The molecule has 6 nitrogen and oxygen atoms in total.